The smallest absolute Gasteiger partial charge is 0.125 e. The molecule has 2 atom stereocenters. The van der Waals surface area contributed by atoms with Gasteiger partial charge in [-0.25, -0.2) is 4.39 Å². The molecule has 2 nitrogen and oxygen atoms in total. The fraction of sp³-hybridized carbons (Fsp3) is 0.250. The largest absolute Gasteiger partial charge is 0.493 e. The van der Waals surface area contributed by atoms with E-state index in [0.717, 1.165) is 11.3 Å². The highest BCUT2D eigenvalue weighted by molar-refractivity contribution is 6.33. The van der Waals surface area contributed by atoms with Gasteiger partial charge >= 0.3 is 0 Å². The summed E-state index contributed by atoms with van der Waals surface area (Å²) < 4.78 is 19.1. The second-order valence-corrected chi connectivity index (χ2v) is 5.48. The van der Waals surface area contributed by atoms with Crippen LogP contribution in [0.4, 0.5) is 10.1 Å². The van der Waals surface area contributed by atoms with Crippen LogP contribution in [0.5, 0.6) is 5.75 Å². The summed E-state index contributed by atoms with van der Waals surface area (Å²) in [6, 6.07) is 12.3. The number of benzene rings is 2. The molecule has 2 unspecified atom stereocenters. The molecule has 0 aliphatic carbocycles. The van der Waals surface area contributed by atoms with Gasteiger partial charge < -0.3 is 10.1 Å². The predicted octanol–water partition coefficient (Wildman–Crippen LogP) is 4.66. The van der Waals surface area contributed by atoms with Crippen LogP contribution in [-0.2, 0) is 0 Å². The first kappa shape index (κ1) is 13.3. The second-order valence-electron chi connectivity index (χ2n) is 5.07. The molecule has 0 amide bonds. The number of nitrogens with one attached hydrogen (secondary N) is 1. The Bertz CT molecular complexity index is 632. The normalized spacial score (nSPS) is 20.9. The van der Waals surface area contributed by atoms with E-state index in [1.807, 2.05) is 24.3 Å². The summed E-state index contributed by atoms with van der Waals surface area (Å²) in [5.41, 5.74) is 1.69. The molecule has 0 saturated carbocycles. The molecule has 2 aromatic carbocycles. The Kier molecular flexibility index (Phi) is 3.53. The zero-order valence-corrected chi connectivity index (χ0v) is 11.8. The molecule has 2 aromatic rings. The molecule has 0 aromatic heterocycles. The van der Waals surface area contributed by atoms with Gasteiger partial charge in [-0.05, 0) is 24.3 Å². The van der Waals surface area contributed by atoms with E-state index in [9.17, 15) is 4.39 Å². The fourth-order valence-corrected chi connectivity index (χ4v) is 2.66. The van der Waals surface area contributed by atoms with E-state index >= 15 is 0 Å². The second kappa shape index (κ2) is 5.33. The van der Waals surface area contributed by atoms with Crippen molar-refractivity contribution in [3.63, 3.8) is 0 Å². The topological polar surface area (TPSA) is 21.3 Å². The lowest BCUT2D eigenvalue weighted by atomic mass is 9.92. The lowest BCUT2D eigenvalue weighted by molar-refractivity contribution is 0.214. The molecule has 1 aliphatic heterocycles. The molecule has 1 N–H and O–H groups in total. The van der Waals surface area contributed by atoms with Gasteiger partial charge in [-0.1, -0.05) is 36.7 Å². The highest BCUT2D eigenvalue weighted by Gasteiger charge is 2.28. The van der Waals surface area contributed by atoms with Crippen molar-refractivity contribution in [2.75, 3.05) is 11.9 Å². The summed E-state index contributed by atoms with van der Waals surface area (Å²) >= 11 is 6.13. The number of hydrogen-bond acceptors (Lipinski definition) is 2. The average Bonchev–Trinajstić information content (AvgIpc) is 2.46. The minimum Gasteiger partial charge on any atom is -0.493 e. The van der Waals surface area contributed by atoms with E-state index in [1.54, 1.807) is 6.07 Å². The zero-order chi connectivity index (χ0) is 14.1. The Labute approximate surface area is 122 Å². The number of fused-ring (bicyclic) bond motifs is 1. The van der Waals surface area contributed by atoms with Crippen molar-refractivity contribution < 1.29 is 9.13 Å². The Morgan fingerprint density at radius 2 is 2.05 bits per heavy atom. The molecule has 104 valence electrons. The highest BCUT2D eigenvalue weighted by Crippen LogP contribution is 2.38. The molecular formula is C16H15ClFNO. The summed E-state index contributed by atoms with van der Waals surface area (Å²) in [7, 11) is 0. The quantitative estimate of drug-likeness (QED) is 0.869. The molecule has 0 bridgehead atoms. The number of halogens is 2. The Morgan fingerprint density at radius 3 is 2.90 bits per heavy atom. The van der Waals surface area contributed by atoms with Crippen LogP contribution in [0.1, 0.15) is 18.5 Å². The molecule has 1 heterocycles. The van der Waals surface area contributed by atoms with Crippen LogP contribution in [0.15, 0.2) is 42.5 Å². The number of para-hydroxylation sites is 1. The predicted molar refractivity (Wildman–Crippen MR) is 78.9 cm³/mol. The van der Waals surface area contributed by atoms with E-state index in [4.69, 9.17) is 16.3 Å². The third kappa shape index (κ3) is 2.46. The van der Waals surface area contributed by atoms with Crippen molar-refractivity contribution in [3.05, 3.63) is 58.9 Å². The van der Waals surface area contributed by atoms with Gasteiger partial charge in [-0.15, -0.1) is 0 Å². The maximum Gasteiger partial charge on any atom is 0.125 e. The Morgan fingerprint density at radius 1 is 1.25 bits per heavy atom. The molecule has 20 heavy (non-hydrogen) atoms. The van der Waals surface area contributed by atoms with Gasteiger partial charge in [0.2, 0.25) is 0 Å². The minimum atomic E-state index is -0.301. The van der Waals surface area contributed by atoms with Crippen LogP contribution < -0.4 is 10.1 Å². The van der Waals surface area contributed by atoms with Crippen molar-refractivity contribution in [2.45, 2.75) is 13.0 Å². The van der Waals surface area contributed by atoms with E-state index in [1.165, 1.54) is 12.1 Å². The summed E-state index contributed by atoms with van der Waals surface area (Å²) in [6.45, 7) is 2.72. The van der Waals surface area contributed by atoms with Crippen LogP contribution in [-0.4, -0.2) is 6.61 Å². The van der Waals surface area contributed by atoms with Crippen molar-refractivity contribution in [2.24, 2.45) is 5.92 Å². The Balaban J connectivity index is 1.95. The third-order valence-corrected chi connectivity index (χ3v) is 3.89. The molecule has 0 radical (unpaired) electrons. The van der Waals surface area contributed by atoms with E-state index < -0.39 is 0 Å². The summed E-state index contributed by atoms with van der Waals surface area (Å²) in [5.74, 6) is 0.838. The Hall–Kier alpha value is -1.74. The molecule has 3 rings (SSSR count). The monoisotopic (exact) mass is 291 g/mol. The summed E-state index contributed by atoms with van der Waals surface area (Å²) in [6.07, 6.45) is 0. The first-order chi connectivity index (χ1) is 9.65. The minimum absolute atomic E-state index is 0.0549. The standard InChI is InChI=1S/C16H15ClFNO/c1-10-9-20-15-5-3-2-4-12(15)16(10)19-14-8-11(18)6-7-13(14)17/h2-8,10,16,19H,9H2,1H3. The highest BCUT2D eigenvalue weighted by atomic mass is 35.5. The van der Waals surface area contributed by atoms with Crippen LogP contribution in [0.25, 0.3) is 0 Å². The van der Waals surface area contributed by atoms with Gasteiger partial charge in [0, 0.05) is 11.5 Å². The molecule has 1 aliphatic rings. The van der Waals surface area contributed by atoms with Gasteiger partial charge in [-0.3, -0.25) is 0 Å². The van der Waals surface area contributed by atoms with E-state index in [2.05, 4.69) is 12.2 Å². The first-order valence-electron chi connectivity index (χ1n) is 6.58. The number of ether oxygens (including phenoxy) is 1. The van der Waals surface area contributed by atoms with Crippen LogP contribution in [0.3, 0.4) is 0 Å². The lowest BCUT2D eigenvalue weighted by Gasteiger charge is -2.33. The molecular weight excluding hydrogens is 277 g/mol. The van der Waals surface area contributed by atoms with Crippen LogP contribution in [0, 0.1) is 11.7 Å². The average molecular weight is 292 g/mol. The van der Waals surface area contributed by atoms with E-state index in [0.29, 0.717) is 17.3 Å². The van der Waals surface area contributed by atoms with Crippen molar-refractivity contribution in [3.8, 4) is 5.75 Å². The maximum absolute atomic E-state index is 13.4. The zero-order valence-electron chi connectivity index (χ0n) is 11.1. The molecule has 0 saturated heterocycles. The number of hydrogen-bond donors (Lipinski definition) is 1. The lowest BCUT2D eigenvalue weighted by Crippen LogP contribution is -2.28. The van der Waals surface area contributed by atoms with Gasteiger partial charge in [0.05, 0.1) is 23.4 Å². The van der Waals surface area contributed by atoms with Gasteiger partial charge in [-0.2, -0.15) is 0 Å². The third-order valence-electron chi connectivity index (χ3n) is 3.56. The van der Waals surface area contributed by atoms with Crippen molar-refractivity contribution in [1.29, 1.82) is 0 Å². The van der Waals surface area contributed by atoms with Gasteiger partial charge in [0.25, 0.3) is 0 Å². The van der Waals surface area contributed by atoms with Crippen LogP contribution in [0.2, 0.25) is 5.02 Å². The molecule has 0 spiro atoms. The van der Waals surface area contributed by atoms with Crippen LogP contribution >= 0.6 is 11.6 Å². The van der Waals surface area contributed by atoms with E-state index in [-0.39, 0.29) is 17.8 Å². The first-order valence-corrected chi connectivity index (χ1v) is 6.96. The fourth-order valence-electron chi connectivity index (χ4n) is 2.49. The van der Waals surface area contributed by atoms with Crippen molar-refractivity contribution >= 4 is 17.3 Å². The van der Waals surface area contributed by atoms with Gasteiger partial charge in [0.15, 0.2) is 0 Å². The van der Waals surface area contributed by atoms with Gasteiger partial charge in [0.1, 0.15) is 11.6 Å². The number of rotatable bonds is 2. The maximum atomic E-state index is 13.4. The summed E-state index contributed by atoms with van der Waals surface area (Å²) in [5, 5.41) is 3.86. The summed E-state index contributed by atoms with van der Waals surface area (Å²) in [4.78, 5) is 0. The SMILES string of the molecule is CC1COc2ccccc2C1Nc1cc(F)ccc1Cl. The number of anilines is 1. The molecule has 4 heteroatoms. The molecule has 0 fully saturated rings. The van der Waals surface area contributed by atoms with Crippen molar-refractivity contribution in [1.82, 2.24) is 0 Å².